The van der Waals surface area contributed by atoms with Gasteiger partial charge in [-0.25, -0.2) is 4.98 Å². The predicted molar refractivity (Wildman–Crippen MR) is 96.0 cm³/mol. The summed E-state index contributed by atoms with van der Waals surface area (Å²) >= 11 is 0. The van der Waals surface area contributed by atoms with Gasteiger partial charge in [0.1, 0.15) is 5.82 Å². The van der Waals surface area contributed by atoms with Crippen molar-refractivity contribution in [1.82, 2.24) is 20.2 Å². The molecule has 0 spiro atoms. The first-order chi connectivity index (χ1) is 12.1. The maximum atomic E-state index is 9.06. The Morgan fingerprint density at radius 1 is 1.40 bits per heavy atom. The monoisotopic (exact) mass is 346 g/mol. The summed E-state index contributed by atoms with van der Waals surface area (Å²) in [5.74, 6) is 1.68. The van der Waals surface area contributed by atoms with Crippen LogP contribution in [0.2, 0.25) is 0 Å². The number of H-pyrrole nitrogens is 1. The van der Waals surface area contributed by atoms with Crippen molar-refractivity contribution in [2.24, 2.45) is 0 Å². The Morgan fingerprint density at radius 3 is 2.88 bits per heavy atom. The number of aromatic amines is 1. The highest BCUT2D eigenvalue weighted by Gasteiger charge is 2.22. The van der Waals surface area contributed by atoms with Crippen molar-refractivity contribution in [2.45, 2.75) is 32.7 Å². The second-order valence-electron chi connectivity index (χ2n) is 6.45. The van der Waals surface area contributed by atoms with Gasteiger partial charge in [-0.05, 0) is 20.3 Å². The van der Waals surface area contributed by atoms with Gasteiger partial charge in [-0.1, -0.05) is 0 Å². The normalized spacial score (nSPS) is 17.0. The molecule has 3 heterocycles. The first-order valence-corrected chi connectivity index (χ1v) is 8.61. The van der Waals surface area contributed by atoms with E-state index in [0.717, 1.165) is 35.9 Å². The SMILES string of the molecule is Cc1n[nH]c(C)c1CN(C)c1cc([C@@H]2CCOC2)nc(NCCO)n1. The molecule has 136 valence electrons. The summed E-state index contributed by atoms with van der Waals surface area (Å²) in [5.41, 5.74) is 4.23. The minimum Gasteiger partial charge on any atom is -0.395 e. The van der Waals surface area contributed by atoms with Gasteiger partial charge in [-0.3, -0.25) is 5.10 Å². The van der Waals surface area contributed by atoms with Gasteiger partial charge in [0.25, 0.3) is 0 Å². The number of ether oxygens (including phenoxy) is 1. The van der Waals surface area contributed by atoms with Crippen LogP contribution in [-0.2, 0) is 11.3 Å². The number of aryl methyl sites for hydroxylation is 2. The van der Waals surface area contributed by atoms with E-state index in [1.54, 1.807) is 0 Å². The smallest absolute Gasteiger partial charge is 0.224 e. The molecule has 3 N–H and O–H groups in total. The Balaban J connectivity index is 1.86. The summed E-state index contributed by atoms with van der Waals surface area (Å²) in [6.45, 7) is 6.67. The van der Waals surface area contributed by atoms with Crippen molar-refractivity contribution in [1.29, 1.82) is 0 Å². The number of rotatable bonds is 7. The fourth-order valence-electron chi connectivity index (χ4n) is 3.00. The van der Waals surface area contributed by atoms with Crippen LogP contribution >= 0.6 is 0 Å². The van der Waals surface area contributed by atoms with E-state index < -0.39 is 0 Å². The van der Waals surface area contributed by atoms with Crippen molar-refractivity contribution in [3.05, 3.63) is 28.7 Å². The molecule has 8 nitrogen and oxygen atoms in total. The molecular weight excluding hydrogens is 320 g/mol. The molecule has 25 heavy (non-hydrogen) atoms. The van der Waals surface area contributed by atoms with E-state index >= 15 is 0 Å². The number of aliphatic hydroxyl groups excluding tert-OH is 1. The van der Waals surface area contributed by atoms with Crippen LogP contribution in [0.1, 0.15) is 35.0 Å². The van der Waals surface area contributed by atoms with Gasteiger partial charge in [0, 0.05) is 50.0 Å². The molecule has 0 unspecified atom stereocenters. The average molecular weight is 346 g/mol. The number of anilines is 2. The second-order valence-corrected chi connectivity index (χ2v) is 6.45. The second kappa shape index (κ2) is 7.79. The lowest BCUT2D eigenvalue weighted by Crippen LogP contribution is -2.21. The molecule has 1 fully saturated rings. The van der Waals surface area contributed by atoms with E-state index in [1.165, 1.54) is 5.56 Å². The summed E-state index contributed by atoms with van der Waals surface area (Å²) in [7, 11) is 2.01. The van der Waals surface area contributed by atoms with E-state index in [-0.39, 0.29) is 6.61 Å². The molecule has 1 saturated heterocycles. The first kappa shape index (κ1) is 17.6. The van der Waals surface area contributed by atoms with E-state index in [1.807, 2.05) is 27.0 Å². The summed E-state index contributed by atoms with van der Waals surface area (Å²) in [6.07, 6.45) is 0.972. The summed E-state index contributed by atoms with van der Waals surface area (Å²) in [5, 5.41) is 19.4. The minimum atomic E-state index is 0.0404. The van der Waals surface area contributed by atoms with Crippen LogP contribution in [0.4, 0.5) is 11.8 Å². The number of aromatic nitrogens is 4. The van der Waals surface area contributed by atoms with Gasteiger partial charge in [0.05, 0.1) is 24.6 Å². The number of hydrogen-bond donors (Lipinski definition) is 3. The molecule has 0 bridgehead atoms. The third kappa shape index (κ3) is 4.08. The molecule has 0 aliphatic carbocycles. The van der Waals surface area contributed by atoms with Crippen LogP contribution in [0.15, 0.2) is 6.07 Å². The van der Waals surface area contributed by atoms with Gasteiger partial charge in [-0.15, -0.1) is 0 Å². The minimum absolute atomic E-state index is 0.0404. The van der Waals surface area contributed by atoms with Crippen molar-refractivity contribution in [3.63, 3.8) is 0 Å². The fourth-order valence-corrected chi connectivity index (χ4v) is 3.00. The van der Waals surface area contributed by atoms with Gasteiger partial charge in [0.15, 0.2) is 0 Å². The molecule has 1 atom stereocenters. The van der Waals surface area contributed by atoms with Crippen molar-refractivity contribution < 1.29 is 9.84 Å². The van der Waals surface area contributed by atoms with E-state index in [4.69, 9.17) is 9.84 Å². The lowest BCUT2D eigenvalue weighted by Gasteiger charge is -2.21. The summed E-state index contributed by atoms with van der Waals surface area (Å²) < 4.78 is 5.50. The third-order valence-electron chi connectivity index (χ3n) is 4.54. The Bertz CT molecular complexity index is 692. The van der Waals surface area contributed by atoms with Gasteiger partial charge < -0.3 is 20.1 Å². The molecule has 0 saturated carbocycles. The van der Waals surface area contributed by atoms with Gasteiger partial charge in [0.2, 0.25) is 5.95 Å². The topological polar surface area (TPSA) is 99.2 Å². The first-order valence-electron chi connectivity index (χ1n) is 8.61. The van der Waals surface area contributed by atoms with Crippen molar-refractivity contribution >= 4 is 11.8 Å². The third-order valence-corrected chi connectivity index (χ3v) is 4.54. The molecule has 1 aliphatic heterocycles. The number of nitrogens with one attached hydrogen (secondary N) is 2. The summed E-state index contributed by atoms with van der Waals surface area (Å²) in [6, 6.07) is 2.04. The molecule has 8 heteroatoms. The van der Waals surface area contributed by atoms with Gasteiger partial charge >= 0.3 is 0 Å². The van der Waals surface area contributed by atoms with Crippen LogP contribution in [0, 0.1) is 13.8 Å². The Kier molecular flexibility index (Phi) is 5.50. The molecule has 0 aromatic carbocycles. The fraction of sp³-hybridized carbons (Fsp3) is 0.588. The molecule has 1 aliphatic rings. The molecule has 3 rings (SSSR count). The van der Waals surface area contributed by atoms with Crippen LogP contribution in [0.5, 0.6) is 0 Å². The molecular formula is C17H26N6O2. The maximum absolute atomic E-state index is 9.06. The maximum Gasteiger partial charge on any atom is 0.224 e. The summed E-state index contributed by atoms with van der Waals surface area (Å²) in [4.78, 5) is 11.3. The number of aliphatic hydroxyl groups is 1. The molecule has 2 aromatic heterocycles. The zero-order chi connectivity index (χ0) is 17.8. The highest BCUT2D eigenvalue weighted by atomic mass is 16.5. The Labute approximate surface area is 147 Å². The number of nitrogens with zero attached hydrogens (tertiary/aromatic N) is 4. The lowest BCUT2D eigenvalue weighted by atomic mass is 10.0. The Morgan fingerprint density at radius 2 is 2.24 bits per heavy atom. The van der Waals surface area contributed by atoms with Crippen molar-refractivity contribution in [2.75, 3.05) is 43.6 Å². The van der Waals surface area contributed by atoms with Crippen LogP contribution in [0.3, 0.4) is 0 Å². The molecule has 0 amide bonds. The molecule has 2 aromatic rings. The molecule has 0 radical (unpaired) electrons. The largest absolute Gasteiger partial charge is 0.395 e. The standard InChI is InChI=1S/C17H26N6O2/c1-11-14(12(2)22-21-11)9-23(3)16-8-15(13-4-7-25-10-13)19-17(20-16)18-5-6-24/h8,13,24H,4-7,9-10H2,1-3H3,(H,21,22)(H,18,19,20)/t13-/m1/s1. The van der Waals surface area contributed by atoms with Crippen LogP contribution in [0.25, 0.3) is 0 Å². The average Bonchev–Trinajstić information content (AvgIpc) is 3.25. The quantitative estimate of drug-likeness (QED) is 0.696. The zero-order valence-electron chi connectivity index (χ0n) is 15.0. The van der Waals surface area contributed by atoms with E-state index in [9.17, 15) is 0 Å². The lowest BCUT2D eigenvalue weighted by molar-refractivity contribution is 0.193. The van der Waals surface area contributed by atoms with Gasteiger partial charge in [-0.2, -0.15) is 10.1 Å². The Hall–Kier alpha value is -2.19. The van der Waals surface area contributed by atoms with Crippen LogP contribution < -0.4 is 10.2 Å². The highest BCUT2D eigenvalue weighted by Crippen LogP contribution is 2.27. The number of hydrogen-bond acceptors (Lipinski definition) is 7. The van der Waals surface area contributed by atoms with Crippen molar-refractivity contribution in [3.8, 4) is 0 Å². The van der Waals surface area contributed by atoms with E-state index in [2.05, 4.69) is 30.4 Å². The zero-order valence-corrected chi connectivity index (χ0v) is 15.0. The van der Waals surface area contributed by atoms with Crippen LogP contribution in [-0.4, -0.2) is 58.7 Å². The predicted octanol–water partition coefficient (Wildman–Crippen LogP) is 1.36. The highest BCUT2D eigenvalue weighted by molar-refractivity contribution is 5.46. The van der Waals surface area contributed by atoms with E-state index in [0.29, 0.717) is 31.6 Å².